The van der Waals surface area contributed by atoms with E-state index in [9.17, 15) is 9.59 Å². The van der Waals surface area contributed by atoms with Crippen molar-refractivity contribution in [3.63, 3.8) is 0 Å². The standard InChI is InChI=1S/C19H20N4O3/c1-11-9-15(24)22-18(20-11)19(2,3)23-17(25)13-10-16(26-4)21-14-8-6-5-7-12(13)14/h5-10H,1-4H3,(H,23,25)(H,20,22,24). The van der Waals surface area contributed by atoms with Gasteiger partial charge in [-0.3, -0.25) is 9.59 Å². The minimum Gasteiger partial charge on any atom is -0.481 e. The summed E-state index contributed by atoms with van der Waals surface area (Å²) in [5.74, 6) is 0.436. The molecule has 0 unspecified atom stereocenters. The van der Waals surface area contributed by atoms with Gasteiger partial charge in [-0.15, -0.1) is 0 Å². The summed E-state index contributed by atoms with van der Waals surface area (Å²) < 4.78 is 5.21. The zero-order valence-electron chi connectivity index (χ0n) is 15.1. The maximum Gasteiger partial charge on any atom is 0.252 e. The molecule has 26 heavy (non-hydrogen) atoms. The molecule has 0 radical (unpaired) electrons. The number of carbonyl (C=O) groups excluding carboxylic acids is 1. The summed E-state index contributed by atoms with van der Waals surface area (Å²) in [4.78, 5) is 36.1. The molecule has 0 aliphatic heterocycles. The molecule has 3 rings (SSSR count). The van der Waals surface area contributed by atoms with E-state index in [1.54, 1.807) is 26.8 Å². The molecule has 2 N–H and O–H groups in total. The Morgan fingerprint density at radius 3 is 2.62 bits per heavy atom. The van der Waals surface area contributed by atoms with E-state index in [4.69, 9.17) is 4.74 Å². The fraction of sp³-hybridized carbons (Fsp3) is 0.263. The first-order valence-corrected chi connectivity index (χ1v) is 8.15. The SMILES string of the molecule is COc1cc(C(=O)NC(C)(C)c2nc(C)cc(=O)[nH]2)c2ccccc2n1. The molecule has 0 aliphatic rings. The number of pyridine rings is 1. The number of para-hydroxylation sites is 1. The number of nitrogens with zero attached hydrogens (tertiary/aromatic N) is 2. The van der Waals surface area contributed by atoms with Crippen molar-refractivity contribution < 1.29 is 9.53 Å². The van der Waals surface area contributed by atoms with Crippen LogP contribution in [0, 0.1) is 6.92 Å². The van der Waals surface area contributed by atoms with Crippen LogP contribution in [-0.4, -0.2) is 28.0 Å². The van der Waals surface area contributed by atoms with Crippen LogP contribution in [0.2, 0.25) is 0 Å². The average Bonchev–Trinajstić information content (AvgIpc) is 2.59. The number of rotatable bonds is 4. The van der Waals surface area contributed by atoms with Crippen LogP contribution in [0.5, 0.6) is 5.88 Å². The van der Waals surface area contributed by atoms with Gasteiger partial charge in [-0.2, -0.15) is 0 Å². The topological polar surface area (TPSA) is 97.0 Å². The molecule has 1 aromatic carbocycles. The Kier molecular flexibility index (Phi) is 4.46. The van der Waals surface area contributed by atoms with Gasteiger partial charge in [0.1, 0.15) is 5.82 Å². The van der Waals surface area contributed by atoms with Crippen molar-refractivity contribution in [1.82, 2.24) is 20.3 Å². The maximum absolute atomic E-state index is 13.0. The number of amides is 1. The van der Waals surface area contributed by atoms with Crippen LogP contribution in [0.1, 0.15) is 35.7 Å². The molecular weight excluding hydrogens is 332 g/mol. The lowest BCUT2D eigenvalue weighted by atomic mass is 10.0. The molecule has 0 spiro atoms. The fourth-order valence-corrected chi connectivity index (χ4v) is 2.73. The number of aromatic nitrogens is 3. The van der Waals surface area contributed by atoms with Crippen LogP contribution in [-0.2, 0) is 5.54 Å². The molecule has 7 nitrogen and oxygen atoms in total. The van der Waals surface area contributed by atoms with Crippen molar-refractivity contribution >= 4 is 16.8 Å². The molecular formula is C19H20N4O3. The first kappa shape index (κ1) is 17.6. The van der Waals surface area contributed by atoms with Crippen molar-refractivity contribution in [1.29, 1.82) is 0 Å². The van der Waals surface area contributed by atoms with Gasteiger partial charge in [0.05, 0.1) is 23.7 Å². The highest BCUT2D eigenvalue weighted by Crippen LogP contribution is 2.23. The summed E-state index contributed by atoms with van der Waals surface area (Å²) >= 11 is 0. The number of methoxy groups -OCH3 is 1. The lowest BCUT2D eigenvalue weighted by molar-refractivity contribution is 0.0909. The second kappa shape index (κ2) is 6.59. The Bertz CT molecular complexity index is 1040. The highest BCUT2D eigenvalue weighted by Gasteiger charge is 2.27. The molecule has 1 amide bonds. The molecule has 3 aromatic rings. The first-order chi connectivity index (χ1) is 12.3. The van der Waals surface area contributed by atoms with E-state index in [0.717, 1.165) is 0 Å². The highest BCUT2D eigenvalue weighted by molar-refractivity contribution is 6.06. The first-order valence-electron chi connectivity index (χ1n) is 8.15. The lowest BCUT2D eigenvalue weighted by Crippen LogP contribution is -2.43. The number of H-pyrrole nitrogens is 1. The second-order valence-electron chi connectivity index (χ2n) is 6.54. The van der Waals surface area contributed by atoms with Crippen LogP contribution in [0.25, 0.3) is 10.9 Å². The summed E-state index contributed by atoms with van der Waals surface area (Å²) in [5.41, 5.74) is 0.556. The van der Waals surface area contributed by atoms with Gasteiger partial charge < -0.3 is 15.0 Å². The van der Waals surface area contributed by atoms with Crippen molar-refractivity contribution in [2.24, 2.45) is 0 Å². The van der Waals surface area contributed by atoms with Crippen LogP contribution >= 0.6 is 0 Å². The summed E-state index contributed by atoms with van der Waals surface area (Å²) in [6.07, 6.45) is 0. The van der Waals surface area contributed by atoms with Gasteiger partial charge in [0.2, 0.25) is 5.88 Å². The number of aromatic amines is 1. The fourth-order valence-electron chi connectivity index (χ4n) is 2.73. The zero-order chi connectivity index (χ0) is 18.9. The van der Waals surface area contributed by atoms with Gasteiger partial charge in [-0.25, -0.2) is 9.97 Å². The minimum atomic E-state index is -0.875. The van der Waals surface area contributed by atoms with Crippen molar-refractivity contribution in [3.05, 3.63) is 63.8 Å². The lowest BCUT2D eigenvalue weighted by Gasteiger charge is -2.25. The van der Waals surface area contributed by atoms with Gasteiger partial charge in [0.15, 0.2) is 0 Å². The van der Waals surface area contributed by atoms with Crippen LogP contribution in [0.3, 0.4) is 0 Å². The van der Waals surface area contributed by atoms with E-state index in [1.165, 1.54) is 13.2 Å². The summed E-state index contributed by atoms with van der Waals surface area (Å²) in [5, 5.41) is 3.65. The van der Waals surface area contributed by atoms with E-state index in [2.05, 4.69) is 20.3 Å². The summed E-state index contributed by atoms with van der Waals surface area (Å²) in [6, 6.07) is 10.3. The van der Waals surface area contributed by atoms with E-state index in [1.807, 2.05) is 24.3 Å². The van der Waals surface area contributed by atoms with Gasteiger partial charge in [0, 0.05) is 23.2 Å². The number of benzene rings is 1. The number of carbonyl (C=O) groups is 1. The average molecular weight is 352 g/mol. The number of ether oxygens (including phenoxy) is 1. The molecule has 0 saturated heterocycles. The number of nitrogens with one attached hydrogen (secondary N) is 2. The smallest absolute Gasteiger partial charge is 0.252 e. The Labute approximate surface area is 150 Å². The summed E-state index contributed by atoms with van der Waals surface area (Å²) in [7, 11) is 1.50. The predicted molar refractivity (Wildman–Crippen MR) is 98.4 cm³/mol. The Morgan fingerprint density at radius 1 is 1.19 bits per heavy atom. The maximum atomic E-state index is 13.0. The number of hydrogen-bond acceptors (Lipinski definition) is 5. The zero-order valence-corrected chi connectivity index (χ0v) is 15.1. The van der Waals surface area contributed by atoms with Crippen molar-refractivity contribution in [2.75, 3.05) is 7.11 Å². The van der Waals surface area contributed by atoms with Gasteiger partial charge in [-0.1, -0.05) is 18.2 Å². The number of aryl methyl sites for hydroxylation is 1. The molecule has 0 aliphatic carbocycles. The molecule has 7 heteroatoms. The van der Waals surface area contributed by atoms with Crippen LogP contribution in [0.15, 0.2) is 41.2 Å². The molecule has 0 atom stereocenters. The van der Waals surface area contributed by atoms with E-state index < -0.39 is 5.54 Å². The molecule has 0 saturated carbocycles. The summed E-state index contributed by atoms with van der Waals surface area (Å²) in [6.45, 7) is 5.30. The van der Waals surface area contributed by atoms with E-state index >= 15 is 0 Å². The Hall–Kier alpha value is -3.22. The molecule has 2 heterocycles. The number of hydrogen-bond donors (Lipinski definition) is 2. The Morgan fingerprint density at radius 2 is 1.92 bits per heavy atom. The van der Waals surface area contributed by atoms with Gasteiger partial charge >= 0.3 is 0 Å². The second-order valence-corrected chi connectivity index (χ2v) is 6.54. The minimum absolute atomic E-state index is 0.258. The van der Waals surface area contributed by atoms with E-state index in [-0.39, 0.29) is 11.5 Å². The molecule has 0 bridgehead atoms. The molecule has 0 fully saturated rings. The predicted octanol–water partition coefficient (Wildman–Crippen LogP) is 2.30. The molecule has 134 valence electrons. The third-order valence-corrected chi connectivity index (χ3v) is 4.03. The van der Waals surface area contributed by atoms with Crippen molar-refractivity contribution in [3.8, 4) is 5.88 Å². The third kappa shape index (κ3) is 3.42. The van der Waals surface area contributed by atoms with Gasteiger partial charge in [-0.05, 0) is 26.8 Å². The van der Waals surface area contributed by atoms with Gasteiger partial charge in [0.25, 0.3) is 11.5 Å². The normalized spacial score (nSPS) is 11.4. The largest absolute Gasteiger partial charge is 0.481 e. The van der Waals surface area contributed by atoms with Crippen molar-refractivity contribution in [2.45, 2.75) is 26.3 Å². The van der Waals surface area contributed by atoms with Crippen LogP contribution in [0.4, 0.5) is 0 Å². The van der Waals surface area contributed by atoms with Crippen LogP contribution < -0.4 is 15.6 Å². The third-order valence-electron chi connectivity index (χ3n) is 4.03. The monoisotopic (exact) mass is 352 g/mol. The highest BCUT2D eigenvalue weighted by atomic mass is 16.5. The quantitative estimate of drug-likeness (QED) is 0.751. The number of fused-ring (bicyclic) bond motifs is 1. The Balaban J connectivity index is 2.02. The van der Waals surface area contributed by atoms with E-state index in [0.29, 0.717) is 33.9 Å². The molecule has 2 aromatic heterocycles.